The van der Waals surface area contributed by atoms with Crippen LogP contribution in [-0.4, -0.2) is 23.5 Å². The zero-order valence-corrected chi connectivity index (χ0v) is 9.29. The predicted octanol–water partition coefficient (Wildman–Crippen LogP) is 2.48. The van der Waals surface area contributed by atoms with Crippen molar-refractivity contribution in [1.29, 1.82) is 0 Å². The van der Waals surface area contributed by atoms with Crippen LogP contribution < -0.4 is 0 Å². The lowest BCUT2D eigenvalue weighted by Gasteiger charge is -2.03. The molecule has 1 heterocycles. The molecule has 0 aromatic heterocycles. The first-order valence-corrected chi connectivity index (χ1v) is 5.25. The van der Waals surface area contributed by atoms with E-state index in [9.17, 15) is 0 Å². The van der Waals surface area contributed by atoms with Gasteiger partial charge >= 0.3 is 0 Å². The first kappa shape index (κ1) is 10.7. The Morgan fingerprint density at radius 2 is 2.27 bits per heavy atom. The largest absolute Gasteiger partial charge is 0.392 e. The van der Waals surface area contributed by atoms with E-state index in [2.05, 4.69) is 5.16 Å². The Balaban J connectivity index is 2.27. The molecule has 2 rings (SSSR count). The summed E-state index contributed by atoms with van der Waals surface area (Å²) in [6, 6.07) is 5.17. The van der Waals surface area contributed by atoms with Gasteiger partial charge in [0.2, 0.25) is 0 Å². The Kier molecular flexibility index (Phi) is 3.14. The number of rotatable bonds is 2. The molecule has 1 atom stereocenters. The summed E-state index contributed by atoms with van der Waals surface area (Å²) in [5.41, 5.74) is 1.49. The van der Waals surface area contributed by atoms with Crippen LogP contribution in [0, 0.1) is 0 Å². The molecule has 5 heteroatoms. The lowest BCUT2D eigenvalue weighted by atomic mass is 10.1. The average molecular weight is 246 g/mol. The highest BCUT2D eigenvalue weighted by Crippen LogP contribution is 2.25. The van der Waals surface area contributed by atoms with Gasteiger partial charge in [0, 0.05) is 22.0 Å². The Labute approximate surface area is 97.2 Å². The Morgan fingerprint density at radius 1 is 1.47 bits per heavy atom. The maximum absolute atomic E-state index is 8.90. The summed E-state index contributed by atoms with van der Waals surface area (Å²) in [5.74, 6) is 0. The van der Waals surface area contributed by atoms with Crippen LogP contribution in [0.5, 0.6) is 0 Å². The molecule has 0 saturated carbocycles. The number of hydrogen-bond acceptors (Lipinski definition) is 3. The van der Waals surface area contributed by atoms with Crippen LogP contribution >= 0.6 is 23.2 Å². The van der Waals surface area contributed by atoms with Gasteiger partial charge in [-0.25, -0.2) is 0 Å². The van der Waals surface area contributed by atoms with Crippen LogP contribution in [0.2, 0.25) is 10.0 Å². The van der Waals surface area contributed by atoms with Crippen molar-refractivity contribution in [3.63, 3.8) is 0 Å². The molecule has 1 aliphatic rings. The second-order valence-corrected chi connectivity index (χ2v) is 4.12. The summed E-state index contributed by atoms with van der Waals surface area (Å²) in [6.07, 6.45) is 0.284. The summed E-state index contributed by atoms with van der Waals surface area (Å²) in [6.45, 7) is -0.0504. The molecule has 1 aromatic rings. The first-order valence-electron chi connectivity index (χ1n) is 4.49. The zero-order chi connectivity index (χ0) is 10.8. The second kappa shape index (κ2) is 4.39. The van der Waals surface area contributed by atoms with E-state index in [1.54, 1.807) is 18.2 Å². The fourth-order valence-electron chi connectivity index (χ4n) is 1.40. The summed E-state index contributed by atoms with van der Waals surface area (Å²) in [5, 5.41) is 14.0. The molecule has 0 saturated heterocycles. The van der Waals surface area contributed by atoms with E-state index >= 15 is 0 Å². The van der Waals surface area contributed by atoms with E-state index in [1.165, 1.54) is 0 Å². The van der Waals surface area contributed by atoms with Crippen LogP contribution in [-0.2, 0) is 4.84 Å². The van der Waals surface area contributed by atoms with E-state index in [1.807, 2.05) is 0 Å². The lowest BCUT2D eigenvalue weighted by Crippen LogP contribution is -2.12. The van der Waals surface area contributed by atoms with E-state index in [0.29, 0.717) is 16.5 Å². The van der Waals surface area contributed by atoms with Gasteiger partial charge in [0.15, 0.2) is 6.10 Å². The molecular formula is C10H9Cl2NO2. The van der Waals surface area contributed by atoms with E-state index in [4.69, 9.17) is 33.1 Å². The summed E-state index contributed by atoms with van der Waals surface area (Å²) in [4.78, 5) is 5.00. The topological polar surface area (TPSA) is 41.8 Å². The number of benzene rings is 1. The van der Waals surface area contributed by atoms with Crippen molar-refractivity contribution < 1.29 is 9.94 Å². The third kappa shape index (κ3) is 2.25. The molecule has 0 radical (unpaired) electrons. The second-order valence-electron chi connectivity index (χ2n) is 3.28. The van der Waals surface area contributed by atoms with Gasteiger partial charge in [-0.05, 0) is 18.2 Å². The van der Waals surface area contributed by atoms with Crippen LogP contribution in [0.4, 0.5) is 0 Å². The molecule has 0 amide bonds. The minimum absolute atomic E-state index is 0.0504. The van der Waals surface area contributed by atoms with Crippen LogP contribution in [0.25, 0.3) is 0 Å². The molecule has 0 aliphatic carbocycles. The normalized spacial score (nSPS) is 19.9. The van der Waals surface area contributed by atoms with Gasteiger partial charge in [-0.2, -0.15) is 0 Å². The fourth-order valence-corrected chi connectivity index (χ4v) is 1.80. The Bertz CT molecular complexity index is 406. The van der Waals surface area contributed by atoms with Crippen LogP contribution in [0.3, 0.4) is 0 Å². The van der Waals surface area contributed by atoms with Crippen molar-refractivity contribution >= 4 is 28.9 Å². The molecular weight excluding hydrogens is 237 g/mol. The predicted molar refractivity (Wildman–Crippen MR) is 59.6 cm³/mol. The van der Waals surface area contributed by atoms with Crippen molar-refractivity contribution in [3.05, 3.63) is 33.8 Å². The number of aliphatic hydroxyl groups excluding tert-OH is 1. The molecule has 15 heavy (non-hydrogen) atoms. The fraction of sp³-hybridized carbons (Fsp3) is 0.300. The standard InChI is InChI=1S/C10H9Cl2NO2/c11-6-1-2-9(12)8(3-6)10-4-7(5-14)15-13-10/h1-3,7,14H,4-5H2. The van der Waals surface area contributed by atoms with Gasteiger partial charge in [0.25, 0.3) is 0 Å². The zero-order valence-electron chi connectivity index (χ0n) is 7.78. The molecule has 1 unspecified atom stereocenters. The number of nitrogens with zero attached hydrogens (tertiary/aromatic N) is 1. The lowest BCUT2D eigenvalue weighted by molar-refractivity contribution is 0.0390. The quantitative estimate of drug-likeness (QED) is 0.870. The van der Waals surface area contributed by atoms with Gasteiger partial charge in [0.05, 0.1) is 12.3 Å². The molecule has 0 fully saturated rings. The molecule has 3 nitrogen and oxygen atoms in total. The van der Waals surface area contributed by atoms with E-state index < -0.39 is 0 Å². The van der Waals surface area contributed by atoms with Gasteiger partial charge in [0.1, 0.15) is 0 Å². The minimum Gasteiger partial charge on any atom is -0.392 e. The summed E-state index contributed by atoms with van der Waals surface area (Å²) < 4.78 is 0. The highest BCUT2D eigenvalue weighted by molar-refractivity contribution is 6.36. The van der Waals surface area contributed by atoms with E-state index in [-0.39, 0.29) is 12.7 Å². The Hall–Kier alpha value is -0.770. The van der Waals surface area contributed by atoms with E-state index in [0.717, 1.165) is 11.3 Å². The number of hydrogen-bond donors (Lipinski definition) is 1. The van der Waals surface area contributed by atoms with Crippen molar-refractivity contribution in [2.24, 2.45) is 5.16 Å². The number of halogens is 2. The van der Waals surface area contributed by atoms with Crippen molar-refractivity contribution in [2.75, 3.05) is 6.61 Å². The molecule has 1 aromatic carbocycles. The first-order chi connectivity index (χ1) is 7.20. The van der Waals surface area contributed by atoms with Crippen molar-refractivity contribution in [2.45, 2.75) is 12.5 Å². The highest BCUT2D eigenvalue weighted by Gasteiger charge is 2.22. The number of oxime groups is 1. The molecule has 80 valence electrons. The van der Waals surface area contributed by atoms with Crippen molar-refractivity contribution in [3.8, 4) is 0 Å². The molecule has 1 aliphatic heterocycles. The van der Waals surface area contributed by atoms with Gasteiger partial charge in [-0.3, -0.25) is 0 Å². The average Bonchev–Trinajstić information content (AvgIpc) is 2.70. The van der Waals surface area contributed by atoms with Gasteiger partial charge in [-0.1, -0.05) is 28.4 Å². The molecule has 1 N–H and O–H groups in total. The third-order valence-corrected chi connectivity index (χ3v) is 2.74. The third-order valence-electron chi connectivity index (χ3n) is 2.18. The SMILES string of the molecule is OCC1CC(c2cc(Cl)ccc2Cl)=NO1. The maximum Gasteiger partial charge on any atom is 0.156 e. The molecule has 0 bridgehead atoms. The maximum atomic E-state index is 8.90. The summed E-state index contributed by atoms with van der Waals surface area (Å²) >= 11 is 11.9. The summed E-state index contributed by atoms with van der Waals surface area (Å²) in [7, 11) is 0. The molecule has 0 spiro atoms. The van der Waals surface area contributed by atoms with Gasteiger partial charge in [-0.15, -0.1) is 0 Å². The van der Waals surface area contributed by atoms with Gasteiger partial charge < -0.3 is 9.94 Å². The van der Waals surface area contributed by atoms with Crippen LogP contribution in [0.15, 0.2) is 23.4 Å². The monoisotopic (exact) mass is 245 g/mol. The number of aliphatic hydroxyl groups is 1. The van der Waals surface area contributed by atoms with Crippen LogP contribution in [0.1, 0.15) is 12.0 Å². The van der Waals surface area contributed by atoms with Crippen molar-refractivity contribution in [1.82, 2.24) is 0 Å². The Morgan fingerprint density at radius 3 is 2.93 bits per heavy atom. The smallest absolute Gasteiger partial charge is 0.156 e. The highest BCUT2D eigenvalue weighted by atomic mass is 35.5. The minimum atomic E-state index is -0.268.